The molecule has 1 heterocycles. The lowest BCUT2D eigenvalue weighted by Crippen LogP contribution is -2.46. The maximum absolute atomic E-state index is 13.2. The molecule has 3 aromatic carbocycles. The zero-order chi connectivity index (χ0) is 24.1. The van der Waals surface area contributed by atoms with Gasteiger partial charge in [-0.2, -0.15) is 0 Å². The first-order chi connectivity index (χ1) is 16.4. The number of benzene rings is 3. The molecule has 0 spiro atoms. The Morgan fingerprint density at radius 1 is 0.971 bits per heavy atom. The fourth-order valence-electron chi connectivity index (χ4n) is 3.96. The Bertz CT molecular complexity index is 1240. The largest absolute Gasteiger partial charge is 0.366 e. The Balaban J connectivity index is 1.59. The maximum atomic E-state index is 13.2. The van der Waals surface area contributed by atoms with Gasteiger partial charge < -0.3 is 16.0 Å². The Morgan fingerprint density at radius 3 is 2.35 bits per heavy atom. The summed E-state index contributed by atoms with van der Waals surface area (Å²) in [5, 5.41) is 2.80. The summed E-state index contributed by atoms with van der Waals surface area (Å²) in [4.78, 5) is 43.6. The third kappa shape index (κ3) is 5.04. The summed E-state index contributed by atoms with van der Waals surface area (Å²) in [5.41, 5.74) is 9.61. The van der Waals surface area contributed by atoms with Gasteiger partial charge in [-0.3, -0.25) is 14.4 Å². The first-order valence-electron chi connectivity index (χ1n) is 11.1. The van der Waals surface area contributed by atoms with Gasteiger partial charge >= 0.3 is 0 Å². The molecule has 3 aromatic rings. The topological polar surface area (TPSA) is 105 Å². The van der Waals surface area contributed by atoms with Gasteiger partial charge in [0.2, 0.25) is 18.0 Å². The molecular formula is C27H26N4O3. The number of hydrogen-bond donors (Lipinski definition) is 2. The molecule has 4 rings (SSSR count). The van der Waals surface area contributed by atoms with E-state index in [1.165, 1.54) is 4.90 Å². The highest BCUT2D eigenvalue weighted by molar-refractivity contribution is 6.20. The van der Waals surface area contributed by atoms with Crippen LogP contribution in [0.1, 0.15) is 39.9 Å². The number of benzodiazepines with no additional fused rings is 1. The number of amides is 3. The smallest absolute Gasteiger partial charge is 0.272 e. The summed E-state index contributed by atoms with van der Waals surface area (Å²) < 4.78 is 0. The van der Waals surface area contributed by atoms with E-state index in [4.69, 9.17) is 5.73 Å². The van der Waals surface area contributed by atoms with Gasteiger partial charge in [0.1, 0.15) is 0 Å². The second kappa shape index (κ2) is 10.1. The van der Waals surface area contributed by atoms with Crippen molar-refractivity contribution < 1.29 is 14.4 Å². The van der Waals surface area contributed by atoms with Crippen LogP contribution in [0.4, 0.5) is 5.69 Å². The highest BCUT2D eigenvalue weighted by Gasteiger charge is 2.30. The Hall–Kier alpha value is -4.26. The van der Waals surface area contributed by atoms with Crippen LogP contribution in [0.3, 0.4) is 0 Å². The summed E-state index contributed by atoms with van der Waals surface area (Å²) >= 11 is 0. The number of nitrogens with zero attached hydrogens (tertiary/aromatic N) is 2. The average Bonchev–Trinajstić information content (AvgIpc) is 2.95. The minimum Gasteiger partial charge on any atom is -0.366 e. The van der Waals surface area contributed by atoms with Crippen LogP contribution in [-0.2, 0) is 16.0 Å². The minimum absolute atomic E-state index is 0.235. The van der Waals surface area contributed by atoms with Gasteiger partial charge in [-0.1, -0.05) is 60.7 Å². The summed E-state index contributed by atoms with van der Waals surface area (Å²) in [6, 6.07) is 24.1. The Kier molecular flexibility index (Phi) is 6.82. The molecular weight excluding hydrogens is 428 g/mol. The number of nitrogens with two attached hydrogens (primary N) is 1. The SMILES string of the molecule is CN1C(=O)C(NC(=O)CCCc2ccccc2)N=C(c2ccc(C(N)=O)cc2)c2ccccc21. The molecule has 1 aliphatic rings. The van der Waals surface area contributed by atoms with Gasteiger partial charge in [-0.15, -0.1) is 0 Å². The molecule has 7 heteroatoms. The summed E-state index contributed by atoms with van der Waals surface area (Å²) in [5.74, 6) is -1.08. The number of aliphatic imine (C=N–C) groups is 1. The predicted octanol–water partition coefficient (Wildman–Crippen LogP) is 3.06. The second-order valence-corrected chi connectivity index (χ2v) is 8.14. The van der Waals surface area contributed by atoms with Crippen LogP contribution in [0.25, 0.3) is 0 Å². The van der Waals surface area contributed by atoms with E-state index in [1.807, 2.05) is 54.6 Å². The average molecular weight is 455 g/mol. The van der Waals surface area contributed by atoms with E-state index in [-0.39, 0.29) is 18.2 Å². The lowest BCUT2D eigenvalue weighted by Gasteiger charge is -2.20. The van der Waals surface area contributed by atoms with Gasteiger partial charge in [0.25, 0.3) is 5.91 Å². The molecule has 34 heavy (non-hydrogen) atoms. The third-order valence-electron chi connectivity index (χ3n) is 5.80. The predicted molar refractivity (Wildman–Crippen MR) is 132 cm³/mol. The highest BCUT2D eigenvalue weighted by Crippen LogP contribution is 2.27. The van der Waals surface area contributed by atoms with E-state index in [0.717, 1.165) is 17.5 Å². The van der Waals surface area contributed by atoms with Crippen LogP contribution >= 0.6 is 0 Å². The number of hydrogen-bond acceptors (Lipinski definition) is 4. The number of para-hydroxylation sites is 1. The van der Waals surface area contributed by atoms with Gasteiger partial charge in [-0.05, 0) is 36.6 Å². The minimum atomic E-state index is -1.06. The number of carbonyl (C=O) groups excluding carboxylic acids is 3. The van der Waals surface area contributed by atoms with Crippen molar-refractivity contribution in [2.75, 3.05) is 11.9 Å². The first kappa shape index (κ1) is 22.9. The van der Waals surface area contributed by atoms with Gasteiger partial charge in [0.15, 0.2) is 0 Å². The van der Waals surface area contributed by atoms with E-state index in [9.17, 15) is 14.4 Å². The van der Waals surface area contributed by atoms with Crippen LogP contribution < -0.4 is 16.0 Å². The standard InChI is InChI=1S/C27H26N4O3/c1-31-22-12-6-5-11-21(22)24(19-14-16-20(17-15-19)25(28)33)30-26(27(31)34)29-23(32)13-7-10-18-8-3-2-4-9-18/h2-6,8-9,11-12,14-17,26H,7,10,13H2,1H3,(H2,28,33)(H,29,32). The fraction of sp³-hybridized carbons (Fsp3) is 0.185. The van der Waals surface area contributed by atoms with Crippen LogP contribution in [-0.4, -0.2) is 36.6 Å². The number of fused-ring (bicyclic) bond motifs is 1. The van der Waals surface area contributed by atoms with Gasteiger partial charge in [-0.25, -0.2) is 4.99 Å². The lowest BCUT2D eigenvalue weighted by atomic mass is 9.99. The molecule has 0 fully saturated rings. The molecule has 0 radical (unpaired) electrons. The van der Waals surface area contributed by atoms with Crippen LogP contribution in [0.5, 0.6) is 0 Å². The van der Waals surface area contributed by atoms with Crippen molar-refractivity contribution >= 4 is 29.1 Å². The quantitative estimate of drug-likeness (QED) is 0.573. The Morgan fingerprint density at radius 2 is 1.65 bits per heavy atom. The summed E-state index contributed by atoms with van der Waals surface area (Å²) in [6.45, 7) is 0. The van der Waals surface area contributed by atoms with Crippen molar-refractivity contribution in [3.05, 3.63) is 101 Å². The number of rotatable bonds is 7. The van der Waals surface area contributed by atoms with E-state index < -0.39 is 12.1 Å². The number of likely N-dealkylation sites (N-methyl/N-ethyl adjacent to an activating group) is 1. The van der Waals surface area contributed by atoms with Gasteiger partial charge in [0, 0.05) is 30.2 Å². The zero-order valence-corrected chi connectivity index (χ0v) is 18.9. The molecule has 0 saturated carbocycles. The van der Waals surface area contributed by atoms with E-state index in [0.29, 0.717) is 28.9 Å². The normalized spacial score (nSPS) is 15.2. The Labute approximate surface area is 198 Å². The van der Waals surface area contributed by atoms with E-state index >= 15 is 0 Å². The molecule has 3 amide bonds. The highest BCUT2D eigenvalue weighted by atomic mass is 16.2. The maximum Gasteiger partial charge on any atom is 0.272 e. The van der Waals surface area contributed by atoms with Crippen LogP contribution in [0, 0.1) is 0 Å². The number of nitrogens with one attached hydrogen (secondary N) is 1. The fourth-order valence-corrected chi connectivity index (χ4v) is 3.96. The molecule has 7 nitrogen and oxygen atoms in total. The van der Waals surface area contributed by atoms with Crippen molar-refractivity contribution in [3.8, 4) is 0 Å². The molecule has 0 aliphatic carbocycles. The van der Waals surface area contributed by atoms with Crippen LogP contribution in [0.2, 0.25) is 0 Å². The molecule has 0 saturated heterocycles. The van der Waals surface area contributed by atoms with E-state index in [1.54, 1.807) is 31.3 Å². The number of primary amides is 1. The molecule has 1 aliphatic heterocycles. The van der Waals surface area contributed by atoms with Crippen molar-refractivity contribution in [2.24, 2.45) is 10.7 Å². The number of carbonyl (C=O) groups is 3. The lowest BCUT2D eigenvalue weighted by molar-refractivity contribution is -0.127. The molecule has 3 N–H and O–H groups in total. The molecule has 172 valence electrons. The van der Waals surface area contributed by atoms with Gasteiger partial charge in [0.05, 0.1) is 11.4 Å². The second-order valence-electron chi connectivity index (χ2n) is 8.14. The van der Waals surface area contributed by atoms with Crippen molar-refractivity contribution in [3.63, 3.8) is 0 Å². The third-order valence-corrected chi connectivity index (χ3v) is 5.80. The van der Waals surface area contributed by atoms with E-state index in [2.05, 4.69) is 10.3 Å². The zero-order valence-electron chi connectivity index (χ0n) is 18.9. The number of aryl methyl sites for hydroxylation is 1. The number of anilines is 1. The molecule has 0 bridgehead atoms. The summed E-state index contributed by atoms with van der Waals surface area (Å²) in [7, 11) is 1.67. The van der Waals surface area contributed by atoms with Crippen molar-refractivity contribution in [1.82, 2.24) is 5.32 Å². The summed E-state index contributed by atoms with van der Waals surface area (Å²) in [6.07, 6.45) is 0.664. The molecule has 0 aromatic heterocycles. The molecule has 1 atom stereocenters. The monoisotopic (exact) mass is 454 g/mol. The molecule has 1 unspecified atom stereocenters. The first-order valence-corrected chi connectivity index (χ1v) is 11.1. The van der Waals surface area contributed by atoms with Crippen molar-refractivity contribution in [1.29, 1.82) is 0 Å². The van der Waals surface area contributed by atoms with Crippen LogP contribution in [0.15, 0.2) is 83.9 Å². The van der Waals surface area contributed by atoms with Crippen molar-refractivity contribution in [2.45, 2.75) is 25.4 Å².